The fraction of sp³-hybridized carbons (Fsp3) is 0.500. The van der Waals surface area contributed by atoms with Gasteiger partial charge in [0.15, 0.2) is 0 Å². The Morgan fingerprint density at radius 2 is 2.18 bits per heavy atom. The van der Waals surface area contributed by atoms with Crippen molar-refractivity contribution in [2.24, 2.45) is 5.92 Å². The molecule has 1 aliphatic carbocycles. The Labute approximate surface area is 106 Å². The highest BCUT2D eigenvalue weighted by atomic mass is 35.5. The maximum Gasteiger partial charge on any atom is 0.259 e. The molecule has 2 unspecified atom stereocenters. The topological polar surface area (TPSA) is 55.2 Å². The first-order valence-electron chi connectivity index (χ1n) is 5.66. The Morgan fingerprint density at radius 3 is 2.94 bits per heavy atom. The van der Waals surface area contributed by atoms with Crippen LogP contribution in [0, 0.1) is 16.0 Å². The maximum absolute atomic E-state index is 11.4. The van der Waals surface area contributed by atoms with Gasteiger partial charge in [0.2, 0.25) is 0 Å². The molecule has 1 heterocycles. The molecule has 1 aromatic rings. The van der Waals surface area contributed by atoms with Gasteiger partial charge in [-0.25, -0.2) is 0 Å². The highest BCUT2D eigenvalue weighted by Crippen LogP contribution is 2.41. The van der Waals surface area contributed by atoms with Gasteiger partial charge in [0.1, 0.15) is 0 Å². The van der Waals surface area contributed by atoms with Crippen molar-refractivity contribution in [1.29, 1.82) is 0 Å². The summed E-state index contributed by atoms with van der Waals surface area (Å²) in [5.74, 6) is 0.411. The van der Waals surface area contributed by atoms with E-state index in [0.29, 0.717) is 18.9 Å². The summed E-state index contributed by atoms with van der Waals surface area (Å²) in [6, 6.07) is 7.83. The minimum absolute atomic E-state index is 0. The van der Waals surface area contributed by atoms with Crippen LogP contribution in [0.4, 0.5) is 0 Å². The lowest BCUT2D eigenvalue weighted by Gasteiger charge is -2.40. The number of hydrogen-bond acceptors (Lipinski definition) is 3. The second-order valence-electron chi connectivity index (χ2n) is 4.85. The Hall–Kier alpha value is -1.13. The molecule has 17 heavy (non-hydrogen) atoms. The van der Waals surface area contributed by atoms with Crippen molar-refractivity contribution in [2.75, 3.05) is 13.1 Å². The highest BCUT2D eigenvalue weighted by molar-refractivity contribution is 5.85. The van der Waals surface area contributed by atoms with Crippen molar-refractivity contribution in [3.63, 3.8) is 0 Å². The molecule has 0 aromatic heterocycles. The molecule has 0 spiro atoms. The van der Waals surface area contributed by atoms with Crippen LogP contribution in [-0.4, -0.2) is 18.0 Å². The maximum atomic E-state index is 11.4. The van der Waals surface area contributed by atoms with Crippen LogP contribution in [0.25, 0.3) is 0 Å². The molecule has 2 bridgehead atoms. The van der Waals surface area contributed by atoms with Crippen molar-refractivity contribution in [1.82, 2.24) is 5.32 Å². The summed E-state index contributed by atoms with van der Waals surface area (Å²) in [7, 11) is 0. The zero-order chi connectivity index (χ0) is 11.2. The number of piperidine rings is 1. The van der Waals surface area contributed by atoms with E-state index in [4.69, 9.17) is 0 Å². The fourth-order valence-electron chi connectivity index (χ4n) is 3.16. The van der Waals surface area contributed by atoms with E-state index in [1.54, 1.807) is 0 Å². The van der Waals surface area contributed by atoms with Gasteiger partial charge in [-0.1, -0.05) is 24.3 Å². The first-order valence-corrected chi connectivity index (χ1v) is 5.66. The van der Waals surface area contributed by atoms with E-state index < -0.39 is 5.54 Å². The zero-order valence-corrected chi connectivity index (χ0v) is 10.2. The normalized spacial score (nSPS) is 30.0. The lowest BCUT2D eigenvalue weighted by Crippen LogP contribution is -2.55. The molecule has 2 aliphatic rings. The third-order valence-electron chi connectivity index (χ3n) is 3.85. The highest BCUT2D eigenvalue weighted by Gasteiger charge is 2.52. The number of rotatable bonds is 1. The van der Waals surface area contributed by atoms with Crippen LogP contribution in [-0.2, 0) is 12.0 Å². The van der Waals surface area contributed by atoms with Gasteiger partial charge >= 0.3 is 0 Å². The fourth-order valence-corrected chi connectivity index (χ4v) is 3.16. The Morgan fingerprint density at radius 1 is 1.41 bits per heavy atom. The van der Waals surface area contributed by atoms with E-state index in [1.165, 1.54) is 0 Å². The summed E-state index contributed by atoms with van der Waals surface area (Å²) in [6.45, 7) is 1.37. The summed E-state index contributed by atoms with van der Waals surface area (Å²) in [5, 5.41) is 14.6. The van der Waals surface area contributed by atoms with Gasteiger partial charge in [0.05, 0.1) is 6.54 Å². The minimum Gasteiger partial charge on any atom is -0.310 e. The number of hydrogen-bond donors (Lipinski definition) is 1. The molecular weight excluding hydrogens is 240 g/mol. The summed E-state index contributed by atoms with van der Waals surface area (Å²) < 4.78 is 0. The molecule has 3 rings (SSSR count). The van der Waals surface area contributed by atoms with Crippen molar-refractivity contribution < 1.29 is 4.92 Å². The summed E-state index contributed by atoms with van der Waals surface area (Å²) in [5.41, 5.74) is 1.21. The lowest BCUT2D eigenvalue weighted by molar-refractivity contribution is -0.583. The molecule has 4 nitrogen and oxygen atoms in total. The van der Waals surface area contributed by atoms with Gasteiger partial charge in [-0.2, -0.15) is 0 Å². The molecule has 5 heteroatoms. The van der Waals surface area contributed by atoms with Crippen LogP contribution in [0.1, 0.15) is 17.5 Å². The number of nitrogens with zero attached hydrogens (tertiary/aromatic N) is 1. The lowest BCUT2D eigenvalue weighted by atomic mass is 9.70. The van der Waals surface area contributed by atoms with E-state index in [-0.39, 0.29) is 17.3 Å². The van der Waals surface area contributed by atoms with Crippen molar-refractivity contribution in [3.05, 3.63) is 45.5 Å². The van der Waals surface area contributed by atoms with Crippen LogP contribution in [0.15, 0.2) is 24.3 Å². The SMILES string of the molecule is Cl.O=[N+]([O-])C12CNCC(Cc3ccccc31)C2. The summed E-state index contributed by atoms with van der Waals surface area (Å²) in [6.07, 6.45) is 1.66. The third kappa shape index (κ3) is 1.72. The molecule has 0 radical (unpaired) electrons. The third-order valence-corrected chi connectivity index (χ3v) is 3.85. The van der Waals surface area contributed by atoms with Crippen LogP contribution in [0.2, 0.25) is 0 Å². The standard InChI is InChI=1S/C12H14N2O2.ClH/c15-14(16)12-6-9(7-13-8-12)5-10-3-1-2-4-11(10)12;/h1-4,9,13H,5-8H2;1H. The Bertz CT molecular complexity index is 452. The Kier molecular flexibility index (Phi) is 3.10. The molecule has 1 aromatic carbocycles. The molecule has 2 atom stereocenters. The predicted octanol–water partition coefficient (Wildman–Crippen LogP) is 1.75. The molecule has 1 aliphatic heterocycles. The first kappa shape index (κ1) is 12.3. The summed E-state index contributed by atoms with van der Waals surface area (Å²) in [4.78, 5) is 11.3. The van der Waals surface area contributed by atoms with Crippen LogP contribution >= 0.6 is 12.4 Å². The average molecular weight is 255 g/mol. The minimum atomic E-state index is -0.877. The Balaban J connectivity index is 0.00000108. The number of nitro groups is 1. The predicted molar refractivity (Wildman–Crippen MR) is 67.0 cm³/mol. The van der Waals surface area contributed by atoms with Gasteiger partial charge in [0.25, 0.3) is 5.54 Å². The molecular formula is C12H15ClN2O2. The second-order valence-corrected chi connectivity index (χ2v) is 4.85. The van der Waals surface area contributed by atoms with E-state index in [9.17, 15) is 10.1 Å². The largest absolute Gasteiger partial charge is 0.310 e. The number of nitrogens with one attached hydrogen (secondary N) is 1. The van der Waals surface area contributed by atoms with Gasteiger partial charge in [-0.15, -0.1) is 12.4 Å². The van der Waals surface area contributed by atoms with E-state index in [2.05, 4.69) is 5.32 Å². The van der Waals surface area contributed by atoms with Gasteiger partial charge < -0.3 is 5.32 Å². The average Bonchev–Trinajstić information content (AvgIpc) is 2.29. The molecule has 1 N–H and O–H groups in total. The number of benzene rings is 1. The molecule has 0 amide bonds. The number of fused-ring (bicyclic) bond motifs is 4. The van der Waals surface area contributed by atoms with Crippen LogP contribution in [0.5, 0.6) is 0 Å². The molecule has 1 fully saturated rings. The van der Waals surface area contributed by atoms with Crippen molar-refractivity contribution >= 4 is 12.4 Å². The van der Waals surface area contributed by atoms with Crippen LogP contribution in [0.3, 0.4) is 0 Å². The molecule has 1 saturated heterocycles. The molecule has 0 saturated carbocycles. The second kappa shape index (κ2) is 4.27. The zero-order valence-electron chi connectivity index (χ0n) is 9.39. The van der Waals surface area contributed by atoms with Crippen LogP contribution < -0.4 is 5.32 Å². The van der Waals surface area contributed by atoms with E-state index in [0.717, 1.165) is 24.1 Å². The first-order chi connectivity index (χ1) is 7.72. The van der Waals surface area contributed by atoms with E-state index >= 15 is 0 Å². The van der Waals surface area contributed by atoms with E-state index in [1.807, 2.05) is 24.3 Å². The quantitative estimate of drug-likeness (QED) is 0.614. The van der Waals surface area contributed by atoms with Gasteiger partial charge in [0, 0.05) is 16.9 Å². The van der Waals surface area contributed by atoms with Crippen molar-refractivity contribution in [2.45, 2.75) is 18.4 Å². The van der Waals surface area contributed by atoms with Gasteiger partial charge in [-0.05, 0) is 24.4 Å². The monoisotopic (exact) mass is 254 g/mol. The van der Waals surface area contributed by atoms with Gasteiger partial charge in [-0.3, -0.25) is 10.1 Å². The summed E-state index contributed by atoms with van der Waals surface area (Å²) >= 11 is 0. The smallest absolute Gasteiger partial charge is 0.259 e. The number of halogens is 1. The molecule has 92 valence electrons. The van der Waals surface area contributed by atoms with Crippen molar-refractivity contribution in [3.8, 4) is 0 Å².